The Hall–Kier alpha value is -0.370. The number of aliphatic hydroxyl groups is 1. The van der Waals surface area contributed by atoms with Gasteiger partial charge in [0.05, 0.1) is 0 Å². The third-order valence-corrected chi connectivity index (χ3v) is 5.11. The number of hydrogen-bond donors (Lipinski definition) is 1. The van der Waals surface area contributed by atoms with E-state index in [-0.39, 0.29) is 11.7 Å². The van der Waals surface area contributed by atoms with Crippen LogP contribution >= 0.6 is 0 Å². The first-order chi connectivity index (χ1) is 8.40. The highest BCUT2D eigenvalue weighted by Gasteiger charge is 2.43. The number of hydrogen-bond acceptors (Lipinski definition) is 2. The number of rotatable bonds is 2. The number of ketones is 1. The topological polar surface area (TPSA) is 37.3 Å². The molecule has 0 aromatic rings. The van der Waals surface area contributed by atoms with E-state index in [1.165, 1.54) is 6.42 Å². The lowest BCUT2D eigenvalue weighted by molar-refractivity contribution is -0.148. The van der Waals surface area contributed by atoms with E-state index < -0.39 is 5.60 Å². The van der Waals surface area contributed by atoms with Gasteiger partial charge in [-0.15, -0.1) is 0 Å². The minimum Gasteiger partial charge on any atom is -0.382 e. The maximum Gasteiger partial charge on any atom is 0.167 e. The van der Waals surface area contributed by atoms with E-state index in [9.17, 15) is 9.90 Å². The van der Waals surface area contributed by atoms with Gasteiger partial charge >= 0.3 is 0 Å². The van der Waals surface area contributed by atoms with Crippen molar-refractivity contribution in [1.29, 1.82) is 0 Å². The Bertz CT molecular complexity index is 292. The van der Waals surface area contributed by atoms with Crippen LogP contribution in [0.25, 0.3) is 0 Å². The van der Waals surface area contributed by atoms with Gasteiger partial charge in [-0.05, 0) is 62.7 Å². The summed E-state index contributed by atoms with van der Waals surface area (Å²) in [7, 11) is 0. The molecule has 0 radical (unpaired) electrons. The minimum absolute atomic E-state index is 0.113. The molecule has 0 aromatic heterocycles. The largest absolute Gasteiger partial charge is 0.382 e. The predicted molar refractivity (Wildman–Crippen MR) is 73.3 cm³/mol. The third-order valence-electron chi connectivity index (χ3n) is 5.11. The van der Waals surface area contributed by atoms with Crippen molar-refractivity contribution in [2.45, 2.75) is 71.3 Å². The molecular formula is C16H28O2. The second kappa shape index (κ2) is 5.32. The van der Waals surface area contributed by atoms with E-state index in [1.807, 2.05) is 0 Å². The molecule has 0 aliphatic heterocycles. The number of carbonyl (C=O) groups excluding carboxylic acids is 1. The SMILES string of the molecule is CC1CCC(O)(C(=O)C2CC(C)CC(C)C2)CC1. The van der Waals surface area contributed by atoms with Gasteiger partial charge in [-0.25, -0.2) is 0 Å². The number of Topliss-reactive ketones (excluding diaryl/α,β-unsaturated/α-hetero) is 1. The van der Waals surface area contributed by atoms with E-state index in [4.69, 9.17) is 0 Å². The molecular weight excluding hydrogens is 224 g/mol. The average Bonchev–Trinajstić information content (AvgIpc) is 2.31. The Morgan fingerprint density at radius 1 is 0.944 bits per heavy atom. The highest BCUT2D eigenvalue weighted by atomic mass is 16.3. The van der Waals surface area contributed by atoms with E-state index in [0.717, 1.165) is 25.7 Å². The first-order valence-corrected chi connectivity index (χ1v) is 7.67. The molecule has 18 heavy (non-hydrogen) atoms. The van der Waals surface area contributed by atoms with Crippen LogP contribution in [-0.2, 0) is 4.79 Å². The van der Waals surface area contributed by atoms with E-state index >= 15 is 0 Å². The van der Waals surface area contributed by atoms with Gasteiger partial charge in [0.25, 0.3) is 0 Å². The molecule has 2 atom stereocenters. The normalized spacial score (nSPS) is 45.8. The molecule has 0 aromatic carbocycles. The summed E-state index contributed by atoms with van der Waals surface area (Å²) >= 11 is 0. The number of carbonyl (C=O) groups is 1. The van der Waals surface area contributed by atoms with Crippen molar-refractivity contribution in [2.75, 3.05) is 0 Å². The van der Waals surface area contributed by atoms with Gasteiger partial charge in [-0.3, -0.25) is 4.79 Å². The van der Waals surface area contributed by atoms with Crippen molar-refractivity contribution in [3.8, 4) is 0 Å². The standard InChI is InChI=1S/C16H28O2/c1-11-4-6-16(18,7-5-11)15(17)14-9-12(2)8-13(3)10-14/h11-14,18H,4-10H2,1-3H3. The fourth-order valence-corrected chi connectivity index (χ4v) is 4.03. The summed E-state index contributed by atoms with van der Waals surface area (Å²) < 4.78 is 0. The summed E-state index contributed by atoms with van der Waals surface area (Å²) in [4.78, 5) is 12.6. The van der Waals surface area contributed by atoms with Crippen LogP contribution in [-0.4, -0.2) is 16.5 Å². The van der Waals surface area contributed by atoms with E-state index in [0.29, 0.717) is 30.6 Å². The van der Waals surface area contributed by atoms with Crippen molar-refractivity contribution in [3.05, 3.63) is 0 Å². The van der Waals surface area contributed by atoms with Crippen molar-refractivity contribution in [2.24, 2.45) is 23.7 Å². The van der Waals surface area contributed by atoms with Crippen molar-refractivity contribution in [1.82, 2.24) is 0 Å². The van der Waals surface area contributed by atoms with Crippen LogP contribution < -0.4 is 0 Å². The summed E-state index contributed by atoms with van der Waals surface area (Å²) in [5, 5.41) is 10.6. The molecule has 2 nitrogen and oxygen atoms in total. The highest BCUT2D eigenvalue weighted by Crippen LogP contribution is 2.40. The van der Waals surface area contributed by atoms with Crippen LogP contribution in [0.15, 0.2) is 0 Å². The lowest BCUT2D eigenvalue weighted by Gasteiger charge is -2.39. The van der Waals surface area contributed by atoms with Gasteiger partial charge in [-0.1, -0.05) is 20.8 Å². The molecule has 2 fully saturated rings. The Morgan fingerprint density at radius 3 is 1.94 bits per heavy atom. The minimum atomic E-state index is -0.992. The zero-order valence-corrected chi connectivity index (χ0v) is 12.1. The van der Waals surface area contributed by atoms with Crippen LogP contribution in [0.5, 0.6) is 0 Å². The maximum absolute atomic E-state index is 12.6. The highest BCUT2D eigenvalue weighted by molar-refractivity contribution is 5.89. The van der Waals surface area contributed by atoms with Gasteiger partial charge < -0.3 is 5.11 Å². The van der Waals surface area contributed by atoms with Crippen LogP contribution in [0, 0.1) is 23.7 Å². The van der Waals surface area contributed by atoms with E-state index in [1.54, 1.807) is 0 Å². The summed E-state index contributed by atoms with van der Waals surface area (Å²) in [6, 6.07) is 0. The molecule has 0 saturated heterocycles. The van der Waals surface area contributed by atoms with Gasteiger partial charge in [0.2, 0.25) is 0 Å². The summed E-state index contributed by atoms with van der Waals surface area (Å²) in [5.41, 5.74) is -0.992. The van der Waals surface area contributed by atoms with Gasteiger partial charge in [0.1, 0.15) is 5.60 Å². The lowest BCUT2D eigenvalue weighted by Crippen LogP contribution is -2.46. The smallest absolute Gasteiger partial charge is 0.167 e. The van der Waals surface area contributed by atoms with Gasteiger partial charge in [-0.2, -0.15) is 0 Å². The van der Waals surface area contributed by atoms with Crippen LogP contribution in [0.1, 0.15) is 65.7 Å². The fraction of sp³-hybridized carbons (Fsp3) is 0.938. The van der Waals surface area contributed by atoms with Crippen LogP contribution in [0.3, 0.4) is 0 Å². The maximum atomic E-state index is 12.6. The Morgan fingerprint density at radius 2 is 1.44 bits per heavy atom. The summed E-state index contributed by atoms with van der Waals surface area (Å²) in [6.07, 6.45) is 6.58. The molecule has 0 spiro atoms. The quantitative estimate of drug-likeness (QED) is 0.815. The first kappa shape index (κ1) is 14.0. The monoisotopic (exact) mass is 252 g/mol. The molecule has 2 rings (SSSR count). The Labute approximate surface area is 111 Å². The summed E-state index contributed by atoms with van der Waals surface area (Å²) in [5.74, 6) is 2.21. The second-order valence-corrected chi connectivity index (χ2v) is 7.19. The molecule has 2 heteroatoms. The zero-order chi connectivity index (χ0) is 13.3. The predicted octanol–water partition coefficient (Wildman–Crippen LogP) is 3.57. The molecule has 0 heterocycles. The lowest BCUT2D eigenvalue weighted by atomic mass is 9.68. The molecule has 2 aliphatic rings. The molecule has 0 amide bonds. The van der Waals surface area contributed by atoms with Gasteiger partial charge in [0, 0.05) is 5.92 Å². The van der Waals surface area contributed by atoms with Crippen molar-refractivity contribution in [3.63, 3.8) is 0 Å². The molecule has 1 N–H and O–H groups in total. The van der Waals surface area contributed by atoms with Crippen molar-refractivity contribution >= 4 is 5.78 Å². The summed E-state index contributed by atoms with van der Waals surface area (Å²) in [6.45, 7) is 6.70. The molecule has 104 valence electrons. The molecule has 0 bridgehead atoms. The second-order valence-electron chi connectivity index (χ2n) is 7.19. The zero-order valence-electron chi connectivity index (χ0n) is 12.1. The molecule has 2 unspecified atom stereocenters. The van der Waals surface area contributed by atoms with Gasteiger partial charge in [0.15, 0.2) is 5.78 Å². The molecule has 2 aliphatic carbocycles. The first-order valence-electron chi connectivity index (χ1n) is 7.67. The fourth-order valence-electron chi connectivity index (χ4n) is 4.03. The Kier molecular flexibility index (Phi) is 4.15. The van der Waals surface area contributed by atoms with Crippen molar-refractivity contribution < 1.29 is 9.90 Å². The van der Waals surface area contributed by atoms with E-state index in [2.05, 4.69) is 20.8 Å². The average molecular weight is 252 g/mol. The Balaban J connectivity index is 2.01. The van der Waals surface area contributed by atoms with Crippen LogP contribution in [0.2, 0.25) is 0 Å². The third kappa shape index (κ3) is 2.96. The molecule has 2 saturated carbocycles. The van der Waals surface area contributed by atoms with Crippen LogP contribution in [0.4, 0.5) is 0 Å².